The fourth-order valence-electron chi connectivity index (χ4n) is 4.72. The summed E-state index contributed by atoms with van der Waals surface area (Å²) in [5.74, 6) is 0.933. The molecule has 0 atom stereocenters. The van der Waals surface area contributed by atoms with Crippen LogP contribution in [0.5, 0.6) is 0 Å². The van der Waals surface area contributed by atoms with Gasteiger partial charge in [-0.25, -0.2) is 4.39 Å². The van der Waals surface area contributed by atoms with Crippen molar-refractivity contribution in [2.24, 2.45) is 0 Å². The Morgan fingerprint density at radius 2 is 1.60 bits per heavy atom. The molecule has 7 heteroatoms. The summed E-state index contributed by atoms with van der Waals surface area (Å²) in [5, 5.41) is 5.08. The number of amides is 1. The quantitative estimate of drug-likeness (QED) is 0.353. The Balaban J connectivity index is 1.34. The molecule has 0 saturated carbocycles. The van der Waals surface area contributed by atoms with Gasteiger partial charge < -0.3 is 9.42 Å². The number of carbonyl (C=O) groups is 1. The number of hydrogen-bond acceptors (Lipinski definition) is 4. The molecule has 1 saturated heterocycles. The summed E-state index contributed by atoms with van der Waals surface area (Å²) in [5.41, 5.74) is 2.53. The minimum atomic E-state index is -0.435. The first kappa shape index (κ1) is 23.2. The lowest BCUT2D eigenvalue weighted by Gasteiger charge is -2.40. The van der Waals surface area contributed by atoms with E-state index in [2.05, 4.69) is 17.3 Å². The lowest BCUT2D eigenvalue weighted by molar-refractivity contribution is -0.131. The van der Waals surface area contributed by atoms with E-state index in [9.17, 15) is 9.18 Å². The van der Waals surface area contributed by atoms with E-state index in [1.165, 1.54) is 12.1 Å². The van der Waals surface area contributed by atoms with E-state index in [-0.39, 0.29) is 18.1 Å². The molecule has 5 rings (SSSR count). The Morgan fingerprint density at radius 1 is 0.943 bits per heavy atom. The van der Waals surface area contributed by atoms with Crippen molar-refractivity contribution in [3.05, 3.63) is 118 Å². The normalized spacial score (nSPS) is 15.2. The number of rotatable bonds is 6. The van der Waals surface area contributed by atoms with E-state index in [1.54, 1.807) is 12.1 Å². The van der Waals surface area contributed by atoms with E-state index in [1.807, 2.05) is 47.4 Å². The van der Waals surface area contributed by atoms with Gasteiger partial charge >= 0.3 is 0 Å². The third-order valence-electron chi connectivity index (χ3n) is 6.73. The highest BCUT2D eigenvalue weighted by atomic mass is 35.5. The van der Waals surface area contributed by atoms with Crippen LogP contribution in [-0.2, 0) is 23.1 Å². The molecule has 1 aliphatic rings. The molecule has 3 aromatic carbocycles. The van der Waals surface area contributed by atoms with Gasteiger partial charge in [0.25, 0.3) is 0 Å². The van der Waals surface area contributed by atoms with Crippen LogP contribution < -0.4 is 0 Å². The largest absolute Gasteiger partial charge is 0.342 e. The first-order valence-electron chi connectivity index (χ1n) is 11.7. The fourth-order valence-corrected chi connectivity index (χ4v) is 4.85. The topological polar surface area (TPSA) is 59.2 Å². The summed E-state index contributed by atoms with van der Waals surface area (Å²) in [6.07, 6.45) is 2.15. The molecule has 0 aliphatic carbocycles. The van der Waals surface area contributed by atoms with Gasteiger partial charge in [0.2, 0.25) is 11.8 Å². The third-order valence-corrected chi connectivity index (χ3v) is 6.98. The molecule has 178 valence electrons. The Labute approximate surface area is 208 Å². The number of aromatic nitrogens is 2. The number of carbonyl (C=O) groups excluding carboxylic acids is 1. The highest BCUT2D eigenvalue weighted by molar-refractivity contribution is 6.30. The van der Waals surface area contributed by atoms with Crippen molar-refractivity contribution < 1.29 is 13.7 Å². The highest BCUT2D eigenvalue weighted by Crippen LogP contribution is 2.40. The molecular weight excluding hydrogens is 465 g/mol. The SMILES string of the molecule is O=C(Cc1ccc(F)cc1)N1CCC(c2ccccc2)(c2noc(Cc3ccc(Cl)cc3)n2)CC1. The van der Waals surface area contributed by atoms with E-state index >= 15 is 0 Å². The third kappa shape index (κ3) is 5.13. The minimum Gasteiger partial charge on any atom is -0.342 e. The summed E-state index contributed by atoms with van der Waals surface area (Å²) in [7, 11) is 0. The molecule has 1 fully saturated rings. The van der Waals surface area contributed by atoms with Crippen LogP contribution in [0.4, 0.5) is 4.39 Å². The second-order valence-corrected chi connectivity index (χ2v) is 9.38. The number of nitrogens with zero attached hydrogens (tertiary/aromatic N) is 3. The van der Waals surface area contributed by atoms with E-state index in [0.717, 1.165) is 16.7 Å². The molecule has 4 aromatic rings. The van der Waals surface area contributed by atoms with Crippen molar-refractivity contribution in [2.45, 2.75) is 31.1 Å². The molecule has 0 radical (unpaired) electrons. The first-order chi connectivity index (χ1) is 17.0. The highest BCUT2D eigenvalue weighted by Gasteiger charge is 2.42. The Kier molecular flexibility index (Phi) is 6.64. The van der Waals surface area contributed by atoms with E-state index < -0.39 is 5.41 Å². The summed E-state index contributed by atoms with van der Waals surface area (Å²) >= 11 is 6.00. The van der Waals surface area contributed by atoms with Crippen molar-refractivity contribution in [1.29, 1.82) is 0 Å². The maximum absolute atomic E-state index is 13.2. The van der Waals surface area contributed by atoms with Crippen LogP contribution in [0.1, 0.15) is 41.2 Å². The summed E-state index contributed by atoms with van der Waals surface area (Å²) in [6.45, 7) is 1.16. The van der Waals surface area contributed by atoms with Crippen LogP contribution in [-0.4, -0.2) is 34.0 Å². The van der Waals surface area contributed by atoms with Gasteiger partial charge in [0.15, 0.2) is 5.82 Å². The number of hydrogen-bond donors (Lipinski definition) is 0. The number of piperidine rings is 1. The molecule has 2 heterocycles. The Morgan fingerprint density at radius 3 is 2.29 bits per heavy atom. The molecule has 1 aromatic heterocycles. The van der Waals surface area contributed by atoms with Crippen LogP contribution in [0.25, 0.3) is 0 Å². The molecule has 35 heavy (non-hydrogen) atoms. The maximum Gasteiger partial charge on any atom is 0.231 e. The molecule has 0 bridgehead atoms. The number of halogens is 2. The van der Waals surface area contributed by atoms with Gasteiger partial charge in [-0.3, -0.25) is 4.79 Å². The number of likely N-dealkylation sites (tertiary alicyclic amines) is 1. The zero-order chi connectivity index (χ0) is 24.3. The van der Waals surface area contributed by atoms with Crippen LogP contribution in [0.3, 0.4) is 0 Å². The number of benzene rings is 3. The minimum absolute atomic E-state index is 0.0369. The second-order valence-electron chi connectivity index (χ2n) is 8.95. The lowest BCUT2D eigenvalue weighted by atomic mass is 9.72. The molecule has 0 N–H and O–H groups in total. The Hall–Kier alpha value is -3.51. The van der Waals surface area contributed by atoms with Gasteiger partial charge in [0.1, 0.15) is 5.82 Å². The summed E-state index contributed by atoms with van der Waals surface area (Å²) < 4.78 is 18.9. The zero-order valence-electron chi connectivity index (χ0n) is 19.2. The molecule has 1 amide bonds. The molecule has 1 aliphatic heterocycles. The molecular formula is C28H25ClFN3O2. The van der Waals surface area contributed by atoms with E-state index in [4.69, 9.17) is 21.1 Å². The van der Waals surface area contributed by atoms with Gasteiger partial charge in [0.05, 0.1) is 18.3 Å². The van der Waals surface area contributed by atoms with Gasteiger partial charge in [0, 0.05) is 18.1 Å². The van der Waals surface area contributed by atoms with Gasteiger partial charge in [-0.15, -0.1) is 0 Å². The first-order valence-corrected chi connectivity index (χ1v) is 12.0. The van der Waals surface area contributed by atoms with Crippen LogP contribution in [0.2, 0.25) is 5.02 Å². The monoisotopic (exact) mass is 489 g/mol. The van der Waals surface area contributed by atoms with Gasteiger partial charge in [-0.2, -0.15) is 4.98 Å². The Bertz CT molecular complexity index is 1280. The molecule has 0 spiro atoms. The average molecular weight is 490 g/mol. The molecule has 0 unspecified atom stereocenters. The standard InChI is InChI=1S/C28H25ClFN3O2/c29-23-10-6-20(7-11-23)18-25-31-27(32-35-25)28(22-4-2-1-3-5-22)14-16-33(17-15-28)26(34)19-21-8-12-24(30)13-9-21/h1-13H,14-19H2. The van der Waals surface area contributed by atoms with Gasteiger partial charge in [-0.1, -0.05) is 71.4 Å². The van der Waals surface area contributed by atoms with Crippen molar-refractivity contribution >= 4 is 17.5 Å². The molecule has 5 nitrogen and oxygen atoms in total. The second kappa shape index (κ2) is 10.0. The van der Waals surface area contributed by atoms with Crippen molar-refractivity contribution in [1.82, 2.24) is 15.0 Å². The predicted molar refractivity (Wildman–Crippen MR) is 132 cm³/mol. The van der Waals surface area contributed by atoms with Crippen molar-refractivity contribution in [3.8, 4) is 0 Å². The van der Waals surface area contributed by atoms with Crippen molar-refractivity contribution in [3.63, 3.8) is 0 Å². The smallest absolute Gasteiger partial charge is 0.231 e. The van der Waals surface area contributed by atoms with Crippen LogP contribution in [0.15, 0.2) is 83.4 Å². The summed E-state index contributed by atoms with van der Waals surface area (Å²) in [6, 6.07) is 23.9. The average Bonchev–Trinajstić information content (AvgIpc) is 3.36. The zero-order valence-corrected chi connectivity index (χ0v) is 19.9. The predicted octanol–water partition coefficient (Wildman–Crippen LogP) is 5.60. The maximum atomic E-state index is 13.2. The van der Waals surface area contributed by atoms with Crippen LogP contribution >= 0.6 is 11.6 Å². The van der Waals surface area contributed by atoms with Crippen LogP contribution in [0, 0.1) is 5.82 Å². The fraction of sp³-hybridized carbons (Fsp3) is 0.250. The summed E-state index contributed by atoms with van der Waals surface area (Å²) in [4.78, 5) is 19.6. The van der Waals surface area contributed by atoms with Crippen molar-refractivity contribution in [2.75, 3.05) is 13.1 Å². The lowest BCUT2D eigenvalue weighted by Crippen LogP contribution is -2.46. The van der Waals surface area contributed by atoms with E-state index in [0.29, 0.717) is 49.1 Å². The van der Waals surface area contributed by atoms with Gasteiger partial charge in [-0.05, 0) is 53.8 Å².